The van der Waals surface area contributed by atoms with Gasteiger partial charge in [-0.05, 0) is 32.0 Å². The number of rotatable bonds is 3. The van der Waals surface area contributed by atoms with Crippen LogP contribution >= 0.6 is 12.4 Å². The van der Waals surface area contributed by atoms with Crippen molar-refractivity contribution in [3.63, 3.8) is 0 Å². The minimum absolute atomic E-state index is 0. The van der Waals surface area contributed by atoms with Crippen molar-refractivity contribution in [1.82, 2.24) is 14.6 Å². The fourth-order valence-electron chi connectivity index (χ4n) is 2.05. The molecule has 0 radical (unpaired) electrons. The number of hydrogen-bond acceptors (Lipinski definition) is 4. The summed E-state index contributed by atoms with van der Waals surface area (Å²) in [7, 11) is -1.51. The number of aromatic nitrogens is 1. The molecule has 1 N–H and O–H groups in total. The third kappa shape index (κ3) is 3.20. The Bertz CT molecular complexity index is 466. The second-order valence-corrected chi connectivity index (χ2v) is 6.12. The molecule has 0 spiro atoms. The van der Waals surface area contributed by atoms with Gasteiger partial charge < -0.3 is 5.32 Å². The number of hydrogen-bond donors (Lipinski definition) is 1. The Hall–Kier alpha value is -0.690. The maximum atomic E-state index is 12.3. The number of nitrogens with one attached hydrogen (secondary N) is 1. The molecule has 102 valence electrons. The van der Waals surface area contributed by atoms with Gasteiger partial charge >= 0.3 is 0 Å². The Balaban J connectivity index is 0.00000162. The lowest BCUT2D eigenvalue weighted by Crippen LogP contribution is -2.46. The molecule has 0 aliphatic carbocycles. The lowest BCUT2D eigenvalue weighted by molar-refractivity contribution is 0.293. The molecule has 0 amide bonds. The molecule has 1 saturated heterocycles. The van der Waals surface area contributed by atoms with E-state index < -0.39 is 10.0 Å². The number of pyridine rings is 1. The standard InChI is InChI=1S/C11H17N3O2S.ClH/c1-12-10-4-3-7-14(9-10)17(15,16)11-5-2-6-13-8-11;/h2,5-6,8,10,12H,3-4,7,9H2,1H3;1H. The molecule has 1 atom stereocenters. The lowest BCUT2D eigenvalue weighted by atomic mass is 10.1. The first kappa shape index (κ1) is 15.4. The van der Waals surface area contributed by atoms with E-state index in [9.17, 15) is 8.42 Å². The molecule has 2 heterocycles. The molecule has 1 aliphatic rings. The van der Waals surface area contributed by atoms with Crippen molar-refractivity contribution < 1.29 is 8.42 Å². The number of halogens is 1. The molecule has 1 aliphatic heterocycles. The number of likely N-dealkylation sites (N-methyl/N-ethyl adjacent to an activating group) is 1. The smallest absolute Gasteiger partial charge is 0.244 e. The van der Waals surface area contributed by atoms with E-state index >= 15 is 0 Å². The van der Waals surface area contributed by atoms with Crippen LogP contribution in [0.5, 0.6) is 0 Å². The van der Waals surface area contributed by atoms with Crippen molar-refractivity contribution in [1.29, 1.82) is 0 Å². The zero-order valence-electron chi connectivity index (χ0n) is 10.2. The second kappa shape index (κ2) is 6.47. The Morgan fingerprint density at radius 1 is 1.50 bits per heavy atom. The Morgan fingerprint density at radius 3 is 2.89 bits per heavy atom. The summed E-state index contributed by atoms with van der Waals surface area (Å²) in [5, 5.41) is 3.14. The highest BCUT2D eigenvalue weighted by molar-refractivity contribution is 7.89. The molecule has 1 aromatic heterocycles. The maximum Gasteiger partial charge on any atom is 0.244 e. The van der Waals surface area contributed by atoms with Gasteiger partial charge in [-0.3, -0.25) is 4.98 Å². The van der Waals surface area contributed by atoms with E-state index in [2.05, 4.69) is 10.3 Å². The van der Waals surface area contributed by atoms with Gasteiger partial charge in [-0.25, -0.2) is 8.42 Å². The van der Waals surface area contributed by atoms with Crippen LogP contribution in [-0.4, -0.2) is 43.9 Å². The van der Waals surface area contributed by atoms with E-state index in [0.717, 1.165) is 12.8 Å². The second-order valence-electron chi connectivity index (χ2n) is 4.18. The highest BCUT2D eigenvalue weighted by Gasteiger charge is 2.29. The molecule has 0 aromatic carbocycles. The van der Waals surface area contributed by atoms with Crippen LogP contribution in [0.3, 0.4) is 0 Å². The van der Waals surface area contributed by atoms with Gasteiger partial charge in [0.25, 0.3) is 0 Å². The summed E-state index contributed by atoms with van der Waals surface area (Å²) < 4.78 is 26.2. The number of piperidine rings is 1. The van der Waals surface area contributed by atoms with E-state index in [1.807, 2.05) is 7.05 Å². The van der Waals surface area contributed by atoms with Crippen molar-refractivity contribution >= 4 is 22.4 Å². The highest BCUT2D eigenvalue weighted by atomic mass is 35.5. The van der Waals surface area contributed by atoms with Crippen molar-refractivity contribution in [2.75, 3.05) is 20.1 Å². The van der Waals surface area contributed by atoms with E-state index in [4.69, 9.17) is 0 Å². The van der Waals surface area contributed by atoms with Gasteiger partial charge in [-0.15, -0.1) is 12.4 Å². The van der Waals surface area contributed by atoms with Crippen LogP contribution in [-0.2, 0) is 10.0 Å². The molecule has 7 heteroatoms. The van der Waals surface area contributed by atoms with Crippen molar-refractivity contribution in [2.24, 2.45) is 0 Å². The molecule has 1 fully saturated rings. The van der Waals surface area contributed by atoms with Crippen LogP contribution in [0.4, 0.5) is 0 Å². The predicted molar refractivity (Wildman–Crippen MR) is 72.3 cm³/mol. The van der Waals surface area contributed by atoms with Crippen LogP contribution in [0.2, 0.25) is 0 Å². The molecular formula is C11H18ClN3O2S. The third-order valence-electron chi connectivity index (χ3n) is 3.06. The van der Waals surface area contributed by atoms with Gasteiger partial charge in [0.1, 0.15) is 4.90 Å². The summed E-state index contributed by atoms with van der Waals surface area (Å²) in [6.07, 6.45) is 4.89. The normalized spacial score (nSPS) is 21.3. The van der Waals surface area contributed by atoms with Gasteiger partial charge in [0.15, 0.2) is 0 Å². The Labute approximate surface area is 114 Å². The fraction of sp³-hybridized carbons (Fsp3) is 0.545. The average Bonchev–Trinajstić information content (AvgIpc) is 2.40. The predicted octanol–water partition coefficient (Wildman–Crippen LogP) is 0.876. The van der Waals surface area contributed by atoms with E-state index in [1.165, 1.54) is 10.5 Å². The average molecular weight is 292 g/mol. The summed E-state index contributed by atoms with van der Waals surface area (Å²) in [6.45, 7) is 1.13. The summed E-state index contributed by atoms with van der Waals surface area (Å²) in [5.74, 6) is 0. The van der Waals surface area contributed by atoms with Crippen molar-refractivity contribution in [2.45, 2.75) is 23.8 Å². The largest absolute Gasteiger partial charge is 0.316 e. The molecule has 0 bridgehead atoms. The zero-order chi connectivity index (χ0) is 12.3. The molecule has 2 rings (SSSR count). The summed E-state index contributed by atoms with van der Waals surface area (Å²) >= 11 is 0. The Kier molecular flexibility index (Phi) is 5.52. The molecule has 1 aromatic rings. The Morgan fingerprint density at radius 2 is 2.28 bits per heavy atom. The fourth-order valence-corrected chi connectivity index (χ4v) is 3.53. The van der Waals surface area contributed by atoms with E-state index in [-0.39, 0.29) is 23.3 Å². The monoisotopic (exact) mass is 291 g/mol. The number of sulfonamides is 1. The van der Waals surface area contributed by atoms with Crippen molar-refractivity contribution in [3.8, 4) is 0 Å². The minimum atomic E-state index is -3.37. The summed E-state index contributed by atoms with van der Waals surface area (Å²) in [6, 6.07) is 3.48. The lowest BCUT2D eigenvalue weighted by Gasteiger charge is -2.31. The van der Waals surface area contributed by atoms with Gasteiger partial charge in [-0.1, -0.05) is 0 Å². The van der Waals surface area contributed by atoms with Crippen LogP contribution in [0, 0.1) is 0 Å². The van der Waals surface area contributed by atoms with E-state index in [1.54, 1.807) is 18.3 Å². The summed E-state index contributed by atoms with van der Waals surface area (Å²) in [5.41, 5.74) is 0. The molecule has 18 heavy (non-hydrogen) atoms. The van der Waals surface area contributed by atoms with E-state index in [0.29, 0.717) is 13.1 Å². The molecule has 5 nitrogen and oxygen atoms in total. The van der Waals surface area contributed by atoms with Crippen LogP contribution in [0.25, 0.3) is 0 Å². The van der Waals surface area contributed by atoms with Crippen LogP contribution in [0.15, 0.2) is 29.4 Å². The first-order valence-corrected chi connectivity index (χ1v) is 7.16. The van der Waals surface area contributed by atoms with Gasteiger partial charge in [0.2, 0.25) is 10.0 Å². The topological polar surface area (TPSA) is 62.3 Å². The first-order chi connectivity index (χ1) is 8.14. The SMILES string of the molecule is CNC1CCCN(S(=O)(=O)c2cccnc2)C1.Cl. The van der Waals surface area contributed by atoms with Crippen LogP contribution < -0.4 is 5.32 Å². The molecule has 1 unspecified atom stereocenters. The van der Waals surface area contributed by atoms with Gasteiger partial charge in [0, 0.05) is 31.5 Å². The third-order valence-corrected chi connectivity index (χ3v) is 4.91. The summed E-state index contributed by atoms with van der Waals surface area (Å²) in [4.78, 5) is 4.14. The van der Waals surface area contributed by atoms with Gasteiger partial charge in [-0.2, -0.15) is 4.31 Å². The number of nitrogens with zero attached hydrogens (tertiary/aromatic N) is 2. The van der Waals surface area contributed by atoms with Crippen LogP contribution in [0.1, 0.15) is 12.8 Å². The maximum absolute atomic E-state index is 12.3. The first-order valence-electron chi connectivity index (χ1n) is 5.72. The zero-order valence-corrected chi connectivity index (χ0v) is 11.9. The highest BCUT2D eigenvalue weighted by Crippen LogP contribution is 2.19. The minimum Gasteiger partial charge on any atom is -0.316 e. The quantitative estimate of drug-likeness (QED) is 0.898. The molecular weight excluding hydrogens is 274 g/mol. The van der Waals surface area contributed by atoms with Crippen molar-refractivity contribution in [3.05, 3.63) is 24.5 Å². The van der Waals surface area contributed by atoms with Gasteiger partial charge in [0.05, 0.1) is 0 Å². The molecule has 0 saturated carbocycles.